The van der Waals surface area contributed by atoms with E-state index in [1.54, 1.807) is 0 Å². The molecule has 0 aromatic rings. The molecule has 2 N–H and O–H groups in total. The van der Waals surface area contributed by atoms with Gasteiger partial charge < -0.3 is 10.4 Å². The summed E-state index contributed by atoms with van der Waals surface area (Å²) in [6.45, 7) is 7.01. The van der Waals surface area contributed by atoms with Crippen LogP contribution in [0.2, 0.25) is 0 Å². The van der Waals surface area contributed by atoms with E-state index in [-0.39, 0.29) is 0 Å². The molecule has 0 amide bonds. The van der Waals surface area contributed by atoms with Crippen molar-refractivity contribution in [3.63, 3.8) is 0 Å². The smallest absolute Gasteiger partial charge is 0.0741 e. The van der Waals surface area contributed by atoms with Crippen LogP contribution in [0.25, 0.3) is 0 Å². The number of fused-ring (bicyclic) bond motifs is 2. The van der Waals surface area contributed by atoms with Crippen molar-refractivity contribution in [3.05, 3.63) is 0 Å². The van der Waals surface area contributed by atoms with Crippen LogP contribution in [0.4, 0.5) is 0 Å². The Bertz CT molecular complexity index is 239. The van der Waals surface area contributed by atoms with Gasteiger partial charge in [0, 0.05) is 12.6 Å². The van der Waals surface area contributed by atoms with Gasteiger partial charge >= 0.3 is 0 Å². The Morgan fingerprint density at radius 1 is 1.38 bits per heavy atom. The normalized spacial score (nSPS) is 38.6. The van der Waals surface area contributed by atoms with Crippen LogP contribution in [0, 0.1) is 17.8 Å². The number of hydrogen-bond donors (Lipinski definition) is 2. The van der Waals surface area contributed by atoms with E-state index in [1.807, 2.05) is 13.8 Å². The maximum atomic E-state index is 9.98. The van der Waals surface area contributed by atoms with Gasteiger partial charge in [-0.25, -0.2) is 0 Å². The second kappa shape index (κ2) is 4.66. The fraction of sp³-hybridized carbons (Fsp3) is 1.00. The first kappa shape index (κ1) is 12.4. The Kier molecular flexibility index (Phi) is 3.60. The van der Waals surface area contributed by atoms with E-state index in [4.69, 9.17) is 0 Å². The third-order valence-corrected chi connectivity index (χ3v) is 5.00. The minimum Gasteiger partial charge on any atom is -0.389 e. The molecule has 2 saturated carbocycles. The number of rotatable bonds is 5. The van der Waals surface area contributed by atoms with Gasteiger partial charge in [0.1, 0.15) is 0 Å². The standard InChI is InChI=1S/C14H27NO/c1-4-14(3,16)9-15-10(2)13-8-11-5-6-12(13)7-11/h10-13,15-16H,4-9H2,1-3H3. The second-order valence-corrected chi connectivity index (χ2v) is 6.36. The molecule has 0 heterocycles. The van der Waals surface area contributed by atoms with Gasteiger partial charge in [-0.3, -0.25) is 0 Å². The summed E-state index contributed by atoms with van der Waals surface area (Å²) in [4.78, 5) is 0. The highest BCUT2D eigenvalue weighted by Crippen LogP contribution is 2.49. The molecule has 0 aromatic carbocycles. The molecule has 0 radical (unpaired) electrons. The molecule has 5 unspecified atom stereocenters. The molecule has 0 aromatic heterocycles. The van der Waals surface area contributed by atoms with Crippen LogP contribution in [0.15, 0.2) is 0 Å². The first-order valence-electron chi connectivity index (χ1n) is 6.97. The first-order chi connectivity index (χ1) is 7.52. The zero-order valence-electron chi connectivity index (χ0n) is 11.0. The topological polar surface area (TPSA) is 32.3 Å². The molecule has 16 heavy (non-hydrogen) atoms. The SMILES string of the molecule is CCC(C)(O)CNC(C)C1CC2CCC1C2. The van der Waals surface area contributed by atoms with Crippen molar-refractivity contribution >= 4 is 0 Å². The van der Waals surface area contributed by atoms with Gasteiger partial charge in [-0.1, -0.05) is 13.3 Å². The molecule has 0 aliphatic heterocycles. The molecule has 2 nitrogen and oxygen atoms in total. The van der Waals surface area contributed by atoms with Crippen LogP contribution in [0.3, 0.4) is 0 Å². The molecule has 2 heteroatoms. The number of nitrogens with one attached hydrogen (secondary N) is 1. The highest BCUT2D eigenvalue weighted by Gasteiger charge is 2.41. The lowest BCUT2D eigenvalue weighted by Crippen LogP contribution is -2.44. The predicted octanol–water partition coefficient (Wildman–Crippen LogP) is 2.56. The highest BCUT2D eigenvalue weighted by atomic mass is 16.3. The zero-order valence-corrected chi connectivity index (χ0v) is 11.0. The van der Waals surface area contributed by atoms with Crippen molar-refractivity contribution in [2.45, 2.75) is 64.5 Å². The first-order valence-corrected chi connectivity index (χ1v) is 6.97. The van der Waals surface area contributed by atoms with E-state index in [2.05, 4.69) is 12.2 Å². The van der Waals surface area contributed by atoms with Gasteiger partial charge in [-0.2, -0.15) is 0 Å². The summed E-state index contributed by atoms with van der Waals surface area (Å²) in [5.41, 5.74) is -0.536. The average molecular weight is 225 g/mol. The van der Waals surface area contributed by atoms with Crippen molar-refractivity contribution in [3.8, 4) is 0 Å². The maximum Gasteiger partial charge on any atom is 0.0741 e. The lowest BCUT2D eigenvalue weighted by molar-refractivity contribution is 0.0495. The van der Waals surface area contributed by atoms with Crippen LogP contribution in [-0.2, 0) is 0 Å². The summed E-state index contributed by atoms with van der Waals surface area (Å²) in [6.07, 6.45) is 6.64. The van der Waals surface area contributed by atoms with Gasteiger partial charge in [-0.05, 0) is 57.3 Å². The molecule has 0 spiro atoms. The van der Waals surface area contributed by atoms with E-state index >= 15 is 0 Å². The molecule has 0 saturated heterocycles. The molecule has 94 valence electrons. The third kappa shape index (κ3) is 2.60. The summed E-state index contributed by atoms with van der Waals surface area (Å²) < 4.78 is 0. The summed E-state index contributed by atoms with van der Waals surface area (Å²) in [6, 6.07) is 0.577. The van der Waals surface area contributed by atoms with Crippen LogP contribution in [-0.4, -0.2) is 23.3 Å². The van der Waals surface area contributed by atoms with Crippen LogP contribution in [0.1, 0.15) is 52.9 Å². The Morgan fingerprint density at radius 3 is 2.62 bits per heavy atom. The third-order valence-electron chi connectivity index (χ3n) is 5.00. The molecule has 2 bridgehead atoms. The van der Waals surface area contributed by atoms with Crippen molar-refractivity contribution in [1.82, 2.24) is 5.32 Å². The van der Waals surface area contributed by atoms with Crippen molar-refractivity contribution in [2.75, 3.05) is 6.54 Å². The van der Waals surface area contributed by atoms with E-state index < -0.39 is 5.60 Å². The monoisotopic (exact) mass is 225 g/mol. The average Bonchev–Trinajstić information content (AvgIpc) is 2.87. The minimum atomic E-state index is -0.536. The van der Waals surface area contributed by atoms with Gasteiger partial charge in [-0.15, -0.1) is 0 Å². The Hall–Kier alpha value is -0.0800. The lowest BCUT2D eigenvalue weighted by atomic mass is 9.83. The zero-order chi connectivity index (χ0) is 11.8. The van der Waals surface area contributed by atoms with Crippen LogP contribution < -0.4 is 5.32 Å². The Balaban J connectivity index is 1.78. The van der Waals surface area contributed by atoms with Gasteiger partial charge in [0.25, 0.3) is 0 Å². The van der Waals surface area contributed by atoms with Crippen molar-refractivity contribution in [2.24, 2.45) is 17.8 Å². The fourth-order valence-electron chi connectivity index (χ4n) is 3.56. The second-order valence-electron chi connectivity index (χ2n) is 6.36. The summed E-state index contributed by atoms with van der Waals surface area (Å²) in [5, 5.41) is 13.5. The van der Waals surface area contributed by atoms with Crippen LogP contribution in [0.5, 0.6) is 0 Å². The summed E-state index contributed by atoms with van der Waals surface area (Å²) >= 11 is 0. The van der Waals surface area contributed by atoms with E-state index in [9.17, 15) is 5.11 Å². The largest absolute Gasteiger partial charge is 0.389 e. The van der Waals surface area contributed by atoms with Crippen molar-refractivity contribution in [1.29, 1.82) is 0 Å². The van der Waals surface area contributed by atoms with Crippen LogP contribution >= 0.6 is 0 Å². The van der Waals surface area contributed by atoms with Crippen molar-refractivity contribution < 1.29 is 5.11 Å². The Labute approximate surface area is 99.8 Å². The number of hydrogen-bond acceptors (Lipinski definition) is 2. The molecule has 2 aliphatic carbocycles. The maximum absolute atomic E-state index is 9.98. The Morgan fingerprint density at radius 2 is 2.12 bits per heavy atom. The molecule has 2 aliphatic rings. The molecule has 2 rings (SSSR count). The molecule has 5 atom stereocenters. The predicted molar refractivity (Wildman–Crippen MR) is 67.3 cm³/mol. The summed E-state index contributed by atoms with van der Waals surface area (Å²) in [7, 11) is 0. The molecular formula is C14H27NO. The van der Waals surface area contributed by atoms with E-state index in [0.717, 1.165) is 30.7 Å². The highest BCUT2D eigenvalue weighted by molar-refractivity contribution is 4.94. The number of aliphatic hydroxyl groups is 1. The van der Waals surface area contributed by atoms with Gasteiger partial charge in [0.2, 0.25) is 0 Å². The van der Waals surface area contributed by atoms with E-state index in [1.165, 1.54) is 25.7 Å². The fourth-order valence-corrected chi connectivity index (χ4v) is 3.56. The lowest BCUT2D eigenvalue weighted by Gasteiger charge is -2.31. The van der Waals surface area contributed by atoms with Gasteiger partial charge in [0.05, 0.1) is 5.60 Å². The van der Waals surface area contributed by atoms with E-state index in [0.29, 0.717) is 6.04 Å². The quantitative estimate of drug-likeness (QED) is 0.753. The van der Waals surface area contributed by atoms with Gasteiger partial charge in [0.15, 0.2) is 0 Å². The minimum absolute atomic E-state index is 0.536. The molecule has 2 fully saturated rings. The summed E-state index contributed by atoms with van der Waals surface area (Å²) in [5.74, 6) is 2.86. The molecular weight excluding hydrogens is 198 g/mol.